The van der Waals surface area contributed by atoms with Crippen molar-refractivity contribution in [3.63, 3.8) is 0 Å². The smallest absolute Gasteiger partial charge is 0.221 e. The van der Waals surface area contributed by atoms with Crippen molar-refractivity contribution in [3.8, 4) is 0 Å². The van der Waals surface area contributed by atoms with Crippen molar-refractivity contribution in [2.24, 2.45) is 0 Å². The van der Waals surface area contributed by atoms with Gasteiger partial charge in [-0.05, 0) is 24.3 Å². The highest BCUT2D eigenvalue weighted by Crippen LogP contribution is 2.37. The molecule has 1 aliphatic rings. The maximum absolute atomic E-state index is 11.6. The van der Waals surface area contributed by atoms with Gasteiger partial charge in [-0.25, -0.2) is 13.1 Å². The van der Waals surface area contributed by atoms with E-state index in [2.05, 4.69) is 26.7 Å². The van der Waals surface area contributed by atoms with E-state index in [0.717, 1.165) is 12.8 Å². The zero-order valence-corrected chi connectivity index (χ0v) is 13.1. The first kappa shape index (κ1) is 14.5. The summed E-state index contributed by atoms with van der Waals surface area (Å²) in [5, 5.41) is 2.03. The number of sulfonamides is 1. The minimum atomic E-state index is -3.22. The fourth-order valence-corrected chi connectivity index (χ4v) is 4.19. The normalized spacial score (nSPS) is 19.8. The molecule has 1 N–H and O–H groups in total. The molecule has 0 aliphatic carbocycles. The number of ether oxygens (including phenoxy) is 1. The Morgan fingerprint density at radius 1 is 1.44 bits per heavy atom. The molecule has 4 nitrogen and oxygen atoms in total. The Kier molecular flexibility index (Phi) is 4.82. The van der Waals surface area contributed by atoms with Gasteiger partial charge in [0.2, 0.25) is 10.0 Å². The van der Waals surface area contributed by atoms with Gasteiger partial charge in [0.25, 0.3) is 0 Å². The molecule has 2 rings (SSSR count). The van der Waals surface area contributed by atoms with Crippen LogP contribution in [0.1, 0.15) is 17.7 Å². The lowest BCUT2D eigenvalue weighted by molar-refractivity contribution is 0.0529. The molecule has 0 amide bonds. The quantitative estimate of drug-likeness (QED) is 0.824. The standard InChI is InChI=1S/C11H16BrNO3S2/c12-9-18(14,15)13-8-11(3-5-16-6-4-11)10-2-1-7-17-10/h1-2,7,13H,3-6,8-9H2. The van der Waals surface area contributed by atoms with Gasteiger partial charge >= 0.3 is 0 Å². The Morgan fingerprint density at radius 2 is 2.17 bits per heavy atom. The Labute approximate surface area is 120 Å². The Bertz CT molecular complexity index is 466. The predicted molar refractivity (Wildman–Crippen MR) is 76.8 cm³/mol. The molecule has 0 spiro atoms. The van der Waals surface area contributed by atoms with Crippen molar-refractivity contribution in [1.82, 2.24) is 4.72 Å². The van der Waals surface area contributed by atoms with Gasteiger partial charge in [0.05, 0.1) is 0 Å². The van der Waals surface area contributed by atoms with Crippen LogP contribution in [0.4, 0.5) is 0 Å². The van der Waals surface area contributed by atoms with Crippen LogP contribution in [0.2, 0.25) is 0 Å². The molecule has 2 heterocycles. The van der Waals surface area contributed by atoms with Gasteiger partial charge in [0.1, 0.15) is 4.66 Å². The first-order chi connectivity index (χ1) is 8.58. The summed E-state index contributed by atoms with van der Waals surface area (Å²) < 4.78 is 31.2. The molecule has 1 aliphatic heterocycles. The van der Waals surface area contributed by atoms with Gasteiger partial charge in [-0.15, -0.1) is 11.3 Å². The predicted octanol–water partition coefficient (Wildman–Crippen LogP) is 2.07. The van der Waals surface area contributed by atoms with Crippen LogP contribution in [0.3, 0.4) is 0 Å². The fraction of sp³-hybridized carbons (Fsp3) is 0.636. The van der Waals surface area contributed by atoms with Crippen molar-refractivity contribution in [1.29, 1.82) is 0 Å². The van der Waals surface area contributed by atoms with Gasteiger partial charge < -0.3 is 4.74 Å². The molecule has 1 aromatic rings. The molecule has 0 unspecified atom stereocenters. The summed E-state index contributed by atoms with van der Waals surface area (Å²) in [7, 11) is -3.22. The number of rotatable bonds is 5. The van der Waals surface area contributed by atoms with E-state index in [1.54, 1.807) is 11.3 Å². The maximum Gasteiger partial charge on any atom is 0.221 e. The minimum Gasteiger partial charge on any atom is -0.381 e. The van der Waals surface area contributed by atoms with E-state index in [0.29, 0.717) is 19.8 Å². The molecule has 7 heteroatoms. The van der Waals surface area contributed by atoms with Gasteiger partial charge in [-0.3, -0.25) is 0 Å². The molecule has 1 fully saturated rings. The summed E-state index contributed by atoms with van der Waals surface area (Å²) in [5.74, 6) is 0. The highest BCUT2D eigenvalue weighted by atomic mass is 79.9. The van der Waals surface area contributed by atoms with Crippen LogP contribution in [0, 0.1) is 0 Å². The highest BCUT2D eigenvalue weighted by Gasteiger charge is 2.36. The SMILES string of the molecule is O=S(=O)(CBr)NCC1(c2cccs2)CCOCC1. The van der Waals surface area contributed by atoms with Gasteiger partial charge in [0, 0.05) is 30.1 Å². The van der Waals surface area contributed by atoms with E-state index in [-0.39, 0.29) is 10.1 Å². The summed E-state index contributed by atoms with van der Waals surface area (Å²) in [5.41, 5.74) is -0.109. The second kappa shape index (κ2) is 6.00. The first-order valence-corrected chi connectivity index (χ1v) is 9.38. The van der Waals surface area contributed by atoms with Crippen LogP contribution in [0.15, 0.2) is 17.5 Å². The number of halogens is 1. The number of hydrogen-bond acceptors (Lipinski definition) is 4. The molecule has 0 bridgehead atoms. The Balaban J connectivity index is 2.16. The van der Waals surface area contributed by atoms with Crippen LogP contribution in [-0.4, -0.2) is 32.8 Å². The molecule has 0 aromatic carbocycles. The third kappa shape index (κ3) is 3.33. The largest absolute Gasteiger partial charge is 0.381 e. The average molecular weight is 354 g/mol. The Hall–Kier alpha value is 0.0500. The van der Waals surface area contributed by atoms with Crippen molar-refractivity contribution in [2.45, 2.75) is 18.3 Å². The highest BCUT2D eigenvalue weighted by molar-refractivity contribution is 9.10. The second-order valence-electron chi connectivity index (χ2n) is 4.41. The maximum atomic E-state index is 11.6. The first-order valence-electron chi connectivity index (χ1n) is 5.73. The molecule has 1 saturated heterocycles. The minimum absolute atomic E-state index is 0.0585. The van der Waals surface area contributed by atoms with Gasteiger partial charge in [-0.2, -0.15) is 0 Å². The van der Waals surface area contributed by atoms with Crippen LogP contribution in [0.25, 0.3) is 0 Å². The van der Waals surface area contributed by atoms with E-state index in [4.69, 9.17) is 4.74 Å². The van der Waals surface area contributed by atoms with Crippen molar-refractivity contribution in [3.05, 3.63) is 22.4 Å². The van der Waals surface area contributed by atoms with E-state index in [1.165, 1.54) is 4.88 Å². The zero-order chi connectivity index (χ0) is 13.1. The van der Waals surface area contributed by atoms with Gasteiger partial charge in [-0.1, -0.05) is 22.0 Å². The summed E-state index contributed by atoms with van der Waals surface area (Å²) in [6, 6.07) is 4.09. The van der Waals surface area contributed by atoms with Crippen LogP contribution in [0.5, 0.6) is 0 Å². The van der Waals surface area contributed by atoms with Crippen LogP contribution in [-0.2, 0) is 20.2 Å². The van der Waals surface area contributed by atoms with E-state index in [9.17, 15) is 8.42 Å². The lowest BCUT2D eigenvalue weighted by Gasteiger charge is -2.36. The topological polar surface area (TPSA) is 55.4 Å². The van der Waals surface area contributed by atoms with E-state index >= 15 is 0 Å². The molecule has 1 aromatic heterocycles. The second-order valence-corrected chi connectivity index (χ2v) is 8.47. The lowest BCUT2D eigenvalue weighted by atomic mass is 9.79. The van der Waals surface area contributed by atoms with Gasteiger partial charge in [0.15, 0.2) is 0 Å². The van der Waals surface area contributed by atoms with Crippen LogP contribution >= 0.6 is 27.3 Å². The summed E-state index contributed by atoms with van der Waals surface area (Å²) in [6.07, 6.45) is 1.72. The molecule has 0 saturated carbocycles. The van der Waals surface area contributed by atoms with E-state index < -0.39 is 10.0 Å². The summed E-state index contributed by atoms with van der Waals surface area (Å²) in [6.45, 7) is 1.83. The fourth-order valence-electron chi connectivity index (χ4n) is 2.14. The summed E-state index contributed by atoms with van der Waals surface area (Å²) in [4.78, 5) is 1.24. The molecule has 0 atom stereocenters. The number of hydrogen-bond donors (Lipinski definition) is 1. The molecular weight excluding hydrogens is 338 g/mol. The Morgan fingerprint density at radius 3 is 2.72 bits per heavy atom. The molecular formula is C11H16BrNO3S2. The lowest BCUT2D eigenvalue weighted by Crippen LogP contribution is -2.44. The summed E-state index contributed by atoms with van der Waals surface area (Å²) >= 11 is 4.67. The number of alkyl halides is 1. The van der Waals surface area contributed by atoms with Crippen LogP contribution < -0.4 is 4.72 Å². The van der Waals surface area contributed by atoms with Crippen molar-refractivity contribution in [2.75, 3.05) is 24.4 Å². The molecule has 18 heavy (non-hydrogen) atoms. The van der Waals surface area contributed by atoms with Crippen molar-refractivity contribution >= 4 is 37.3 Å². The monoisotopic (exact) mass is 353 g/mol. The number of nitrogens with one attached hydrogen (secondary N) is 1. The third-order valence-corrected chi connectivity index (χ3v) is 7.06. The average Bonchev–Trinajstić information content (AvgIpc) is 2.92. The molecule has 0 radical (unpaired) electrons. The van der Waals surface area contributed by atoms with Crippen molar-refractivity contribution < 1.29 is 13.2 Å². The number of thiophene rings is 1. The van der Waals surface area contributed by atoms with E-state index in [1.807, 2.05) is 11.4 Å². The zero-order valence-electron chi connectivity index (χ0n) is 9.89. The third-order valence-electron chi connectivity index (χ3n) is 3.27. The molecule has 102 valence electrons.